The van der Waals surface area contributed by atoms with Crippen LogP contribution in [0, 0.1) is 0 Å². The number of hydrogen-bond acceptors (Lipinski definition) is 1. The van der Waals surface area contributed by atoms with Gasteiger partial charge in [-0.15, -0.1) is 0 Å². The maximum absolute atomic E-state index is 4.85. The molecule has 5 heavy (non-hydrogen) atoms. The van der Waals surface area contributed by atoms with Crippen LogP contribution >= 0.6 is 0 Å². The van der Waals surface area contributed by atoms with Crippen molar-refractivity contribution in [2.75, 3.05) is 6.54 Å². The molecular weight excluding hydrogens is 60.9 g/mol. The van der Waals surface area contributed by atoms with E-state index in [1.807, 2.05) is 6.92 Å². The number of rotatable bonds is 1. The van der Waals surface area contributed by atoms with Gasteiger partial charge in [0.25, 0.3) is 0 Å². The van der Waals surface area contributed by atoms with Crippen molar-refractivity contribution in [2.24, 2.45) is 4.99 Å². The van der Waals surface area contributed by atoms with E-state index in [4.69, 9.17) is 7.85 Å². The molecule has 0 fully saturated rings. The third kappa shape index (κ3) is 3.73. The van der Waals surface area contributed by atoms with Crippen molar-refractivity contribution in [3.8, 4) is 0 Å². The molecule has 2 heteroatoms. The minimum absolute atomic E-state index is 0.788. The van der Waals surface area contributed by atoms with Gasteiger partial charge in [-0.1, -0.05) is 6.11 Å². The van der Waals surface area contributed by atoms with Crippen LogP contribution in [-0.2, 0) is 0 Å². The first-order chi connectivity index (χ1) is 2.41. The lowest BCUT2D eigenvalue weighted by Crippen LogP contribution is -1.68. The molecule has 0 unspecified atom stereocenters. The second-order valence-corrected chi connectivity index (χ2v) is 0.648. The molecule has 0 atom stereocenters. The fourth-order valence-corrected chi connectivity index (χ4v) is 0.105. The second-order valence-electron chi connectivity index (χ2n) is 0.648. The summed E-state index contributed by atoms with van der Waals surface area (Å²) in [6, 6.07) is 0. The molecule has 0 rings (SSSR count). The van der Waals surface area contributed by atoms with E-state index < -0.39 is 0 Å². The van der Waals surface area contributed by atoms with Crippen LogP contribution in [0.2, 0.25) is 0 Å². The zero-order chi connectivity index (χ0) is 4.12. The highest BCUT2D eigenvalue weighted by Crippen LogP contribution is 1.54. The van der Waals surface area contributed by atoms with Crippen molar-refractivity contribution in [3.05, 3.63) is 0 Å². The highest BCUT2D eigenvalue weighted by Gasteiger charge is 1.51. The smallest absolute Gasteiger partial charge is 0.129 e. The number of aliphatic imine (C=N–C) groups is 1. The fraction of sp³-hybridized carbons (Fsp3) is 0.667. The number of hydrogen-bond donors (Lipinski definition) is 0. The topological polar surface area (TPSA) is 12.4 Å². The molecule has 0 N–H and O–H groups in total. The van der Waals surface area contributed by atoms with Crippen molar-refractivity contribution in [1.82, 2.24) is 0 Å². The van der Waals surface area contributed by atoms with Gasteiger partial charge in [-0.25, -0.2) is 0 Å². The van der Waals surface area contributed by atoms with E-state index in [0.29, 0.717) is 0 Å². The van der Waals surface area contributed by atoms with Crippen LogP contribution in [-0.4, -0.2) is 20.5 Å². The van der Waals surface area contributed by atoms with Gasteiger partial charge in [-0.3, -0.25) is 0 Å². The van der Waals surface area contributed by atoms with E-state index >= 15 is 0 Å². The summed E-state index contributed by atoms with van der Waals surface area (Å²) in [7, 11) is 4.85. The highest BCUT2D eigenvalue weighted by molar-refractivity contribution is 6.49. The van der Waals surface area contributed by atoms with Crippen molar-refractivity contribution >= 4 is 14.0 Å². The van der Waals surface area contributed by atoms with Gasteiger partial charge in [0.2, 0.25) is 0 Å². The largest absolute Gasteiger partial charge is 0.309 e. The summed E-state index contributed by atoms with van der Waals surface area (Å²) < 4.78 is 0. The van der Waals surface area contributed by atoms with Gasteiger partial charge in [0.15, 0.2) is 0 Å². The monoisotopic (exact) mass is 67.1 g/mol. The molecule has 0 spiro atoms. The van der Waals surface area contributed by atoms with Gasteiger partial charge in [0, 0.05) is 6.54 Å². The Morgan fingerprint density at radius 2 is 2.60 bits per heavy atom. The summed E-state index contributed by atoms with van der Waals surface area (Å²) >= 11 is 0. The highest BCUT2D eigenvalue weighted by atomic mass is 14.7. The average molecular weight is 66.9 g/mol. The van der Waals surface area contributed by atoms with Gasteiger partial charge in [-0.05, 0) is 6.92 Å². The maximum atomic E-state index is 4.85. The molecule has 0 aliphatic heterocycles. The Labute approximate surface area is 33.5 Å². The van der Waals surface area contributed by atoms with Gasteiger partial charge >= 0.3 is 0 Å². The molecule has 0 bridgehead atoms. The first kappa shape index (κ1) is 4.73. The standard InChI is InChI=1S/C3H6BN/c1-2-5-3-4/h3H,2H2,1H3. The van der Waals surface area contributed by atoms with Crippen LogP contribution < -0.4 is 0 Å². The summed E-state index contributed by atoms with van der Waals surface area (Å²) in [6.07, 6.45) is 1.31. The Bertz CT molecular complexity index is 33.9. The zero-order valence-electron chi connectivity index (χ0n) is 3.31. The minimum atomic E-state index is 0.788. The van der Waals surface area contributed by atoms with E-state index in [1.165, 1.54) is 6.11 Å². The maximum Gasteiger partial charge on any atom is 0.129 e. The predicted octanol–water partition coefficient (Wildman–Crippen LogP) is 0.203. The average Bonchev–Trinajstić information content (AvgIpc) is 1.41. The molecule has 0 aromatic rings. The quantitative estimate of drug-likeness (QED) is 0.307. The van der Waals surface area contributed by atoms with Crippen LogP contribution in [0.15, 0.2) is 4.99 Å². The summed E-state index contributed by atoms with van der Waals surface area (Å²) in [6.45, 7) is 2.72. The molecule has 0 aliphatic carbocycles. The van der Waals surface area contributed by atoms with Gasteiger partial charge < -0.3 is 4.99 Å². The van der Waals surface area contributed by atoms with Crippen molar-refractivity contribution < 1.29 is 0 Å². The molecule has 0 amide bonds. The summed E-state index contributed by atoms with van der Waals surface area (Å²) in [4.78, 5) is 3.62. The molecular formula is C3H6BN. The summed E-state index contributed by atoms with van der Waals surface area (Å²) in [5.41, 5.74) is 0. The molecule has 0 aromatic carbocycles. The minimum Gasteiger partial charge on any atom is -0.309 e. The van der Waals surface area contributed by atoms with E-state index in [0.717, 1.165) is 6.54 Å². The Morgan fingerprint density at radius 1 is 2.00 bits per heavy atom. The molecule has 1 nitrogen and oxygen atoms in total. The molecule has 0 saturated carbocycles. The molecule has 0 saturated heterocycles. The fourth-order valence-electron chi connectivity index (χ4n) is 0.105. The first-order valence-electron chi connectivity index (χ1n) is 1.61. The van der Waals surface area contributed by atoms with E-state index in [-0.39, 0.29) is 0 Å². The van der Waals surface area contributed by atoms with Crippen LogP contribution in [0.3, 0.4) is 0 Å². The van der Waals surface area contributed by atoms with Gasteiger partial charge in [-0.2, -0.15) is 0 Å². The van der Waals surface area contributed by atoms with Crippen LogP contribution in [0.5, 0.6) is 0 Å². The van der Waals surface area contributed by atoms with E-state index in [9.17, 15) is 0 Å². The third-order valence-electron chi connectivity index (χ3n) is 0.288. The van der Waals surface area contributed by atoms with Gasteiger partial charge in [0.05, 0.1) is 0 Å². The first-order valence-corrected chi connectivity index (χ1v) is 1.61. The lowest BCUT2D eigenvalue weighted by atomic mass is 10.2. The predicted molar refractivity (Wildman–Crippen MR) is 24.8 cm³/mol. The molecule has 0 aliphatic rings. The lowest BCUT2D eigenvalue weighted by molar-refractivity contribution is 1.15. The lowest BCUT2D eigenvalue weighted by Gasteiger charge is -1.68. The molecule has 26 valence electrons. The third-order valence-corrected chi connectivity index (χ3v) is 0.288. The molecule has 2 radical (unpaired) electrons. The molecule has 0 heterocycles. The van der Waals surface area contributed by atoms with Crippen LogP contribution in [0.25, 0.3) is 0 Å². The number of nitrogens with zero attached hydrogens (tertiary/aromatic N) is 1. The van der Waals surface area contributed by atoms with E-state index in [1.54, 1.807) is 0 Å². The Balaban J connectivity index is 2.62. The Morgan fingerprint density at radius 3 is 2.60 bits per heavy atom. The SMILES string of the molecule is [B]C=NCC. The van der Waals surface area contributed by atoms with E-state index in [2.05, 4.69) is 4.99 Å². The van der Waals surface area contributed by atoms with Crippen molar-refractivity contribution in [3.63, 3.8) is 0 Å². The van der Waals surface area contributed by atoms with Crippen LogP contribution in [0.1, 0.15) is 6.92 Å². The van der Waals surface area contributed by atoms with Crippen molar-refractivity contribution in [1.29, 1.82) is 0 Å². The summed E-state index contributed by atoms with van der Waals surface area (Å²) in [5.74, 6) is 0. The zero-order valence-corrected chi connectivity index (χ0v) is 3.31. The summed E-state index contributed by atoms with van der Waals surface area (Å²) in [5, 5.41) is 0. The Kier molecular flexibility index (Phi) is 3.54. The van der Waals surface area contributed by atoms with Crippen LogP contribution in [0.4, 0.5) is 0 Å². The van der Waals surface area contributed by atoms with Gasteiger partial charge in [0.1, 0.15) is 7.85 Å². The van der Waals surface area contributed by atoms with Crippen molar-refractivity contribution in [2.45, 2.75) is 6.92 Å². The normalized spacial score (nSPS) is 9.80. The molecule has 0 aromatic heterocycles. The Hall–Kier alpha value is -0.265. The second kappa shape index (κ2) is 3.73.